The molecule has 1 fully saturated rings. The van der Waals surface area contributed by atoms with E-state index in [1.54, 1.807) is 19.5 Å². The predicted molar refractivity (Wildman–Crippen MR) is 111 cm³/mol. The molecule has 1 aromatic carbocycles. The maximum Gasteiger partial charge on any atom is 0.274 e. The Balaban J connectivity index is 1.50. The minimum atomic E-state index is -0.0502. The molecule has 3 aromatic rings. The second kappa shape index (κ2) is 8.39. The zero-order valence-electron chi connectivity index (χ0n) is 16.7. The van der Waals surface area contributed by atoms with Gasteiger partial charge in [0, 0.05) is 42.8 Å². The fourth-order valence-corrected chi connectivity index (χ4v) is 3.82. The van der Waals surface area contributed by atoms with Crippen molar-refractivity contribution in [3.8, 4) is 16.9 Å². The summed E-state index contributed by atoms with van der Waals surface area (Å²) in [6.45, 7) is 3.42. The summed E-state index contributed by atoms with van der Waals surface area (Å²) in [4.78, 5) is 27.4. The molecular formula is C23H24N4O2. The summed E-state index contributed by atoms with van der Waals surface area (Å²) in [5.41, 5.74) is 4.75. The van der Waals surface area contributed by atoms with Crippen LogP contribution in [0.3, 0.4) is 0 Å². The van der Waals surface area contributed by atoms with E-state index in [9.17, 15) is 4.79 Å². The number of hydrogen-bond acceptors (Lipinski definition) is 5. The topological polar surface area (TPSA) is 68.2 Å². The Labute approximate surface area is 170 Å². The second-order valence-electron chi connectivity index (χ2n) is 7.31. The zero-order valence-corrected chi connectivity index (χ0v) is 16.7. The van der Waals surface area contributed by atoms with Gasteiger partial charge in [-0.1, -0.05) is 12.1 Å². The van der Waals surface area contributed by atoms with Crippen LogP contribution in [0.5, 0.6) is 5.75 Å². The molecule has 0 N–H and O–H groups in total. The number of rotatable bonds is 4. The third kappa shape index (κ3) is 4.26. The van der Waals surface area contributed by atoms with E-state index in [2.05, 4.69) is 28.2 Å². The van der Waals surface area contributed by atoms with Gasteiger partial charge < -0.3 is 9.64 Å². The SMILES string of the molecule is COc1cccc(-c2cc(C)nc(C3CCN(C(=O)c4cnccn4)CC3)c2)c1. The third-order valence-electron chi connectivity index (χ3n) is 5.36. The van der Waals surface area contributed by atoms with Gasteiger partial charge in [-0.3, -0.25) is 14.8 Å². The van der Waals surface area contributed by atoms with Gasteiger partial charge in [0.2, 0.25) is 0 Å². The van der Waals surface area contributed by atoms with Crippen molar-refractivity contribution in [3.63, 3.8) is 0 Å². The van der Waals surface area contributed by atoms with E-state index < -0.39 is 0 Å². The van der Waals surface area contributed by atoms with E-state index in [-0.39, 0.29) is 5.91 Å². The van der Waals surface area contributed by atoms with E-state index >= 15 is 0 Å². The van der Waals surface area contributed by atoms with E-state index in [1.165, 1.54) is 6.20 Å². The quantitative estimate of drug-likeness (QED) is 0.679. The van der Waals surface area contributed by atoms with Gasteiger partial charge in [0.15, 0.2) is 0 Å². The zero-order chi connectivity index (χ0) is 20.2. The number of amides is 1. The molecule has 1 amide bonds. The summed E-state index contributed by atoms with van der Waals surface area (Å²) in [5.74, 6) is 1.13. The number of hydrogen-bond donors (Lipinski definition) is 0. The van der Waals surface area contributed by atoms with Gasteiger partial charge in [-0.05, 0) is 55.2 Å². The number of piperidine rings is 1. The lowest BCUT2D eigenvalue weighted by Crippen LogP contribution is -2.38. The summed E-state index contributed by atoms with van der Waals surface area (Å²) >= 11 is 0. The summed E-state index contributed by atoms with van der Waals surface area (Å²) < 4.78 is 5.36. The molecular weight excluding hydrogens is 364 g/mol. The average molecular weight is 388 g/mol. The Bertz CT molecular complexity index is 999. The fourth-order valence-electron chi connectivity index (χ4n) is 3.82. The lowest BCUT2D eigenvalue weighted by atomic mass is 9.91. The fraction of sp³-hybridized carbons (Fsp3) is 0.304. The monoisotopic (exact) mass is 388 g/mol. The maximum absolute atomic E-state index is 12.6. The summed E-state index contributed by atoms with van der Waals surface area (Å²) in [6.07, 6.45) is 6.43. The lowest BCUT2D eigenvalue weighted by molar-refractivity contribution is 0.0705. The van der Waals surface area contributed by atoms with Gasteiger partial charge in [-0.2, -0.15) is 0 Å². The second-order valence-corrected chi connectivity index (χ2v) is 7.31. The normalized spacial score (nSPS) is 14.6. The number of pyridine rings is 1. The standard InChI is InChI=1S/C23H24N4O2/c1-16-12-19(18-4-3-5-20(13-18)29-2)14-21(26-16)17-6-10-27(11-7-17)23(28)22-15-24-8-9-25-22/h3-5,8-9,12-15,17H,6-7,10-11H2,1-2H3. The van der Waals surface area contributed by atoms with Crippen molar-refractivity contribution >= 4 is 5.91 Å². The van der Waals surface area contributed by atoms with Crippen LogP contribution in [0.4, 0.5) is 0 Å². The molecule has 0 saturated carbocycles. The van der Waals surface area contributed by atoms with Crippen molar-refractivity contribution in [2.45, 2.75) is 25.7 Å². The third-order valence-corrected chi connectivity index (χ3v) is 5.36. The predicted octanol–water partition coefficient (Wildman–Crippen LogP) is 3.88. The minimum Gasteiger partial charge on any atom is -0.497 e. The highest BCUT2D eigenvalue weighted by Gasteiger charge is 2.26. The smallest absolute Gasteiger partial charge is 0.274 e. The molecule has 0 bridgehead atoms. The van der Waals surface area contributed by atoms with Crippen LogP contribution in [-0.2, 0) is 0 Å². The van der Waals surface area contributed by atoms with Crippen LogP contribution in [0, 0.1) is 6.92 Å². The average Bonchev–Trinajstić information content (AvgIpc) is 2.79. The molecule has 1 aliphatic heterocycles. The highest BCUT2D eigenvalue weighted by Crippen LogP contribution is 2.31. The molecule has 2 aromatic heterocycles. The molecule has 4 rings (SSSR count). The van der Waals surface area contributed by atoms with Crippen LogP contribution >= 0.6 is 0 Å². The molecule has 1 saturated heterocycles. The highest BCUT2D eigenvalue weighted by molar-refractivity contribution is 5.92. The van der Waals surface area contributed by atoms with Crippen LogP contribution in [-0.4, -0.2) is 46.0 Å². The molecule has 0 unspecified atom stereocenters. The molecule has 3 heterocycles. The molecule has 0 radical (unpaired) electrons. The van der Waals surface area contributed by atoms with Crippen LogP contribution in [0.2, 0.25) is 0 Å². The van der Waals surface area contributed by atoms with E-state index in [0.717, 1.165) is 41.1 Å². The van der Waals surface area contributed by atoms with Crippen molar-refractivity contribution in [1.82, 2.24) is 19.9 Å². The van der Waals surface area contributed by atoms with Crippen molar-refractivity contribution in [3.05, 3.63) is 72.1 Å². The number of nitrogens with zero attached hydrogens (tertiary/aromatic N) is 4. The van der Waals surface area contributed by atoms with Crippen molar-refractivity contribution in [2.24, 2.45) is 0 Å². The van der Waals surface area contributed by atoms with E-state index in [0.29, 0.717) is 24.7 Å². The first kappa shape index (κ1) is 19.1. The van der Waals surface area contributed by atoms with Crippen LogP contribution in [0.1, 0.15) is 40.6 Å². The first-order valence-corrected chi connectivity index (χ1v) is 9.82. The van der Waals surface area contributed by atoms with Gasteiger partial charge in [0.05, 0.1) is 13.3 Å². The number of ether oxygens (including phenoxy) is 1. The van der Waals surface area contributed by atoms with E-state index in [1.807, 2.05) is 30.0 Å². The molecule has 1 aliphatic rings. The van der Waals surface area contributed by atoms with Gasteiger partial charge >= 0.3 is 0 Å². The van der Waals surface area contributed by atoms with Crippen LogP contribution in [0.15, 0.2) is 55.0 Å². The molecule has 0 atom stereocenters. The van der Waals surface area contributed by atoms with Crippen molar-refractivity contribution < 1.29 is 9.53 Å². The lowest BCUT2D eigenvalue weighted by Gasteiger charge is -2.31. The molecule has 0 spiro atoms. The Hall–Kier alpha value is -3.28. The molecule has 6 heteroatoms. The highest BCUT2D eigenvalue weighted by atomic mass is 16.5. The van der Waals surface area contributed by atoms with Gasteiger partial charge in [-0.25, -0.2) is 4.98 Å². The number of carbonyl (C=O) groups excluding carboxylic acids is 1. The first-order chi connectivity index (χ1) is 14.1. The van der Waals surface area contributed by atoms with Crippen LogP contribution in [0.25, 0.3) is 11.1 Å². The Morgan fingerprint density at radius 1 is 1.10 bits per heavy atom. The molecule has 29 heavy (non-hydrogen) atoms. The molecule has 148 valence electrons. The van der Waals surface area contributed by atoms with E-state index in [4.69, 9.17) is 9.72 Å². The van der Waals surface area contributed by atoms with Gasteiger partial charge in [0.25, 0.3) is 5.91 Å². The Morgan fingerprint density at radius 3 is 2.66 bits per heavy atom. The van der Waals surface area contributed by atoms with Crippen molar-refractivity contribution in [2.75, 3.05) is 20.2 Å². The molecule has 0 aliphatic carbocycles. The van der Waals surface area contributed by atoms with Crippen LogP contribution < -0.4 is 4.74 Å². The summed E-state index contributed by atoms with van der Waals surface area (Å²) in [6, 6.07) is 12.4. The largest absolute Gasteiger partial charge is 0.497 e. The number of benzene rings is 1. The summed E-state index contributed by atoms with van der Waals surface area (Å²) in [5, 5.41) is 0. The Morgan fingerprint density at radius 2 is 1.93 bits per heavy atom. The summed E-state index contributed by atoms with van der Waals surface area (Å²) in [7, 11) is 1.68. The number of carbonyl (C=O) groups is 1. The number of aryl methyl sites for hydroxylation is 1. The van der Waals surface area contributed by atoms with Crippen molar-refractivity contribution in [1.29, 1.82) is 0 Å². The van der Waals surface area contributed by atoms with Gasteiger partial charge in [0.1, 0.15) is 11.4 Å². The first-order valence-electron chi connectivity index (χ1n) is 9.82. The number of likely N-dealkylation sites (tertiary alicyclic amines) is 1. The number of methoxy groups -OCH3 is 1. The Kier molecular flexibility index (Phi) is 5.51. The molecule has 6 nitrogen and oxygen atoms in total. The minimum absolute atomic E-state index is 0.0502. The number of aromatic nitrogens is 3. The maximum atomic E-state index is 12.6. The van der Waals surface area contributed by atoms with Gasteiger partial charge in [-0.15, -0.1) is 0 Å².